The molecule has 0 unspecified atom stereocenters. The van der Waals surface area contributed by atoms with Crippen molar-refractivity contribution in [1.82, 2.24) is 15.6 Å². The number of aromatic nitrogens is 1. The van der Waals surface area contributed by atoms with E-state index in [0.29, 0.717) is 12.1 Å². The normalized spacial score (nSPS) is 13.3. The van der Waals surface area contributed by atoms with E-state index in [1.165, 1.54) is 17.7 Å². The highest BCUT2D eigenvalue weighted by Gasteiger charge is 2.18. The number of aryl methyl sites for hydroxylation is 2. The number of aromatic amines is 1. The van der Waals surface area contributed by atoms with Crippen LogP contribution in [0, 0.1) is 5.92 Å². The molecule has 0 radical (unpaired) electrons. The number of imide groups is 1. The number of carbonyl (C=O) groups is 3. The zero-order chi connectivity index (χ0) is 19.4. The number of esters is 1. The Kier molecular flexibility index (Phi) is 5.78. The number of nitrogens with one attached hydrogen (secondary N) is 3. The molecule has 7 nitrogen and oxygen atoms in total. The lowest BCUT2D eigenvalue weighted by molar-refractivity contribution is -0.123. The van der Waals surface area contributed by atoms with Gasteiger partial charge in [-0.3, -0.25) is 10.1 Å². The lowest BCUT2D eigenvalue weighted by Crippen LogP contribution is -2.42. The summed E-state index contributed by atoms with van der Waals surface area (Å²) in [6.07, 6.45) is 4.35. The first-order chi connectivity index (χ1) is 12.9. The molecule has 144 valence electrons. The fourth-order valence-corrected chi connectivity index (χ4v) is 3.25. The van der Waals surface area contributed by atoms with Crippen LogP contribution in [0.1, 0.15) is 48.3 Å². The van der Waals surface area contributed by atoms with Crippen LogP contribution < -0.4 is 10.6 Å². The molecule has 3 amide bonds. The predicted octanol–water partition coefficient (Wildman–Crippen LogP) is 2.69. The number of H-pyrrole nitrogens is 1. The van der Waals surface area contributed by atoms with Crippen LogP contribution >= 0.6 is 0 Å². The van der Waals surface area contributed by atoms with Crippen LogP contribution in [-0.2, 0) is 22.4 Å². The quantitative estimate of drug-likeness (QED) is 0.704. The molecule has 0 aliphatic heterocycles. The second-order valence-corrected chi connectivity index (χ2v) is 7.28. The number of fused-ring (bicyclic) bond motifs is 3. The number of urea groups is 1. The van der Waals surface area contributed by atoms with Crippen molar-refractivity contribution in [2.24, 2.45) is 5.92 Å². The van der Waals surface area contributed by atoms with Crippen LogP contribution in [0.4, 0.5) is 4.79 Å². The average molecular weight is 371 g/mol. The van der Waals surface area contributed by atoms with Gasteiger partial charge in [0, 0.05) is 23.1 Å². The van der Waals surface area contributed by atoms with Gasteiger partial charge in [-0.25, -0.2) is 9.59 Å². The van der Waals surface area contributed by atoms with Gasteiger partial charge in [-0.15, -0.1) is 0 Å². The SMILES string of the molecule is CC(C)CNC(=O)NC(=O)COC(=O)c1ccc2[nH]c3c(c2c1)CCCC3. The summed E-state index contributed by atoms with van der Waals surface area (Å²) >= 11 is 0. The lowest BCUT2D eigenvalue weighted by atomic mass is 9.95. The van der Waals surface area contributed by atoms with E-state index in [4.69, 9.17) is 4.74 Å². The Morgan fingerprint density at radius 3 is 2.74 bits per heavy atom. The topological polar surface area (TPSA) is 100 Å². The van der Waals surface area contributed by atoms with Crippen LogP contribution in [-0.4, -0.2) is 36.0 Å². The van der Waals surface area contributed by atoms with E-state index in [9.17, 15) is 14.4 Å². The first-order valence-corrected chi connectivity index (χ1v) is 9.32. The molecule has 27 heavy (non-hydrogen) atoms. The molecule has 0 spiro atoms. The maximum atomic E-state index is 12.3. The molecule has 0 fully saturated rings. The molecule has 2 aromatic rings. The molecule has 1 aliphatic carbocycles. The van der Waals surface area contributed by atoms with Crippen molar-refractivity contribution < 1.29 is 19.1 Å². The smallest absolute Gasteiger partial charge is 0.338 e. The van der Waals surface area contributed by atoms with E-state index in [-0.39, 0.29) is 5.92 Å². The fraction of sp³-hybridized carbons (Fsp3) is 0.450. The molecule has 3 rings (SSSR count). The van der Waals surface area contributed by atoms with Crippen molar-refractivity contribution in [3.05, 3.63) is 35.0 Å². The highest BCUT2D eigenvalue weighted by molar-refractivity contribution is 5.99. The Morgan fingerprint density at radius 1 is 1.19 bits per heavy atom. The third-order valence-corrected chi connectivity index (χ3v) is 4.59. The Bertz CT molecular complexity index is 869. The van der Waals surface area contributed by atoms with Crippen molar-refractivity contribution in [2.75, 3.05) is 13.2 Å². The van der Waals surface area contributed by atoms with Crippen molar-refractivity contribution in [1.29, 1.82) is 0 Å². The van der Waals surface area contributed by atoms with Crippen LogP contribution in [0.25, 0.3) is 10.9 Å². The second-order valence-electron chi connectivity index (χ2n) is 7.28. The van der Waals surface area contributed by atoms with E-state index in [1.54, 1.807) is 6.07 Å². The molecule has 0 saturated carbocycles. The van der Waals surface area contributed by atoms with Gasteiger partial charge in [0.15, 0.2) is 6.61 Å². The third-order valence-electron chi connectivity index (χ3n) is 4.59. The Labute approximate surface area is 157 Å². The van der Waals surface area contributed by atoms with Gasteiger partial charge in [0.05, 0.1) is 5.56 Å². The summed E-state index contributed by atoms with van der Waals surface area (Å²) in [6.45, 7) is 3.85. The highest BCUT2D eigenvalue weighted by atomic mass is 16.5. The number of carbonyl (C=O) groups excluding carboxylic acids is 3. The van der Waals surface area contributed by atoms with Gasteiger partial charge in [-0.2, -0.15) is 0 Å². The highest BCUT2D eigenvalue weighted by Crippen LogP contribution is 2.29. The monoisotopic (exact) mass is 371 g/mol. The standard InChI is InChI=1S/C20H25N3O4/c1-12(2)10-21-20(26)23-18(24)11-27-19(25)13-7-8-17-15(9-13)14-5-3-4-6-16(14)22-17/h7-9,12,22H,3-6,10-11H2,1-2H3,(H2,21,23,24,26). The minimum Gasteiger partial charge on any atom is -0.452 e. The molecule has 0 saturated heterocycles. The number of hydrogen-bond acceptors (Lipinski definition) is 4. The number of benzene rings is 1. The maximum absolute atomic E-state index is 12.3. The number of amides is 3. The summed E-state index contributed by atoms with van der Waals surface area (Å²) in [5, 5.41) is 5.74. The van der Waals surface area contributed by atoms with E-state index < -0.39 is 24.5 Å². The summed E-state index contributed by atoms with van der Waals surface area (Å²) in [4.78, 5) is 39.0. The van der Waals surface area contributed by atoms with Gasteiger partial charge in [-0.1, -0.05) is 13.8 Å². The molecule has 7 heteroatoms. The minimum absolute atomic E-state index is 0.276. The van der Waals surface area contributed by atoms with Gasteiger partial charge < -0.3 is 15.0 Å². The molecular weight excluding hydrogens is 346 g/mol. The van der Waals surface area contributed by atoms with Crippen LogP contribution in [0.2, 0.25) is 0 Å². The molecule has 0 bridgehead atoms. The molecule has 1 heterocycles. The third kappa shape index (κ3) is 4.67. The number of hydrogen-bond donors (Lipinski definition) is 3. The summed E-state index contributed by atoms with van der Waals surface area (Å²) in [5.74, 6) is -0.970. The van der Waals surface area contributed by atoms with Gasteiger partial charge in [0.25, 0.3) is 5.91 Å². The molecule has 1 aromatic heterocycles. The van der Waals surface area contributed by atoms with Crippen LogP contribution in [0.5, 0.6) is 0 Å². The minimum atomic E-state index is -0.662. The lowest BCUT2D eigenvalue weighted by Gasteiger charge is -2.10. The zero-order valence-corrected chi connectivity index (χ0v) is 15.7. The zero-order valence-electron chi connectivity index (χ0n) is 15.7. The van der Waals surface area contributed by atoms with E-state index >= 15 is 0 Å². The first-order valence-electron chi connectivity index (χ1n) is 9.32. The largest absolute Gasteiger partial charge is 0.452 e. The van der Waals surface area contributed by atoms with Crippen molar-refractivity contribution >= 4 is 28.8 Å². The van der Waals surface area contributed by atoms with Gasteiger partial charge in [-0.05, 0) is 55.4 Å². The van der Waals surface area contributed by atoms with E-state index in [1.807, 2.05) is 26.0 Å². The maximum Gasteiger partial charge on any atom is 0.338 e. The molecule has 3 N–H and O–H groups in total. The summed E-state index contributed by atoms with van der Waals surface area (Å²) in [7, 11) is 0. The molecule has 1 aliphatic rings. The molecule has 1 aromatic carbocycles. The molecule has 0 atom stereocenters. The van der Waals surface area contributed by atoms with Crippen molar-refractivity contribution in [3.8, 4) is 0 Å². The van der Waals surface area contributed by atoms with Crippen LogP contribution in [0.3, 0.4) is 0 Å². The van der Waals surface area contributed by atoms with Gasteiger partial charge >= 0.3 is 12.0 Å². The van der Waals surface area contributed by atoms with Gasteiger partial charge in [0.1, 0.15) is 0 Å². The second kappa shape index (κ2) is 8.24. The van der Waals surface area contributed by atoms with Crippen molar-refractivity contribution in [3.63, 3.8) is 0 Å². The van der Waals surface area contributed by atoms with Crippen LogP contribution in [0.15, 0.2) is 18.2 Å². The number of ether oxygens (including phenoxy) is 1. The predicted molar refractivity (Wildman–Crippen MR) is 102 cm³/mol. The number of rotatable bonds is 5. The van der Waals surface area contributed by atoms with Gasteiger partial charge in [0.2, 0.25) is 0 Å². The molecular formula is C20H25N3O4. The van der Waals surface area contributed by atoms with E-state index in [0.717, 1.165) is 30.2 Å². The average Bonchev–Trinajstić information content (AvgIpc) is 3.02. The van der Waals surface area contributed by atoms with Crippen molar-refractivity contribution in [2.45, 2.75) is 39.5 Å². The summed E-state index contributed by atoms with van der Waals surface area (Å²) in [6, 6.07) is 4.76. The summed E-state index contributed by atoms with van der Waals surface area (Å²) in [5.41, 5.74) is 3.92. The van der Waals surface area contributed by atoms with E-state index in [2.05, 4.69) is 15.6 Å². The Balaban J connectivity index is 1.58. The fourth-order valence-electron chi connectivity index (χ4n) is 3.25. The first kappa shape index (κ1) is 18.9. The Hall–Kier alpha value is -2.83. The summed E-state index contributed by atoms with van der Waals surface area (Å²) < 4.78 is 5.04. The Morgan fingerprint density at radius 2 is 1.96 bits per heavy atom.